The predicted octanol–water partition coefficient (Wildman–Crippen LogP) is 1.17. The van der Waals surface area contributed by atoms with Crippen molar-refractivity contribution in [3.63, 3.8) is 0 Å². The van der Waals surface area contributed by atoms with Gasteiger partial charge in [0, 0.05) is 38.1 Å². The Bertz CT molecular complexity index is 419. The summed E-state index contributed by atoms with van der Waals surface area (Å²) in [5.74, 6) is -0.901. The van der Waals surface area contributed by atoms with Crippen LogP contribution in [0.2, 0.25) is 0 Å². The van der Waals surface area contributed by atoms with E-state index in [-0.39, 0.29) is 18.5 Å². The summed E-state index contributed by atoms with van der Waals surface area (Å²) < 4.78 is 1.80. The third-order valence-electron chi connectivity index (χ3n) is 3.00. The lowest BCUT2D eigenvalue weighted by atomic mass is 10.2. The molecule has 0 radical (unpaired) electrons. The van der Waals surface area contributed by atoms with Gasteiger partial charge in [-0.1, -0.05) is 0 Å². The molecule has 1 heterocycles. The van der Waals surface area contributed by atoms with E-state index < -0.39 is 5.97 Å². The zero-order valence-electron chi connectivity index (χ0n) is 12.0. The number of carboxylic acids is 1. The first kappa shape index (κ1) is 16.0. The van der Waals surface area contributed by atoms with E-state index in [9.17, 15) is 9.59 Å². The molecule has 0 spiro atoms. The van der Waals surface area contributed by atoms with Crippen molar-refractivity contribution in [2.45, 2.75) is 39.3 Å². The number of carbonyl (C=O) groups is 2. The van der Waals surface area contributed by atoms with Gasteiger partial charge in [0.15, 0.2) is 0 Å². The second-order valence-electron chi connectivity index (χ2n) is 4.59. The number of nitrogens with zero attached hydrogens (tertiary/aromatic N) is 3. The number of hydrogen-bond acceptors (Lipinski definition) is 3. The Morgan fingerprint density at radius 1 is 1.50 bits per heavy atom. The monoisotopic (exact) mass is 282 g/mol. The molecule has 0 aliphatic rings. The van der Waals surface area contributed by atoms with Crippen LogP contribution in [-0.2, 0) is 11.3 Å². The normalized spacial score (nSPS) is 11.9. The van der Waals surface area contributed by atoms with Crippen molar-refractivity contribution >= 4 is 12.0 Å². The van der Waals surface area contributed by atoms with Gasteiger partial charge in [0.2, 0.25) is 0 Å². The number of carbonyl (C=O) groups excluding carboxylic acids is 1. The molecule has 112 valence electrons. The molecular formula is C13H22N4O3. The van der Waals surface area contributed by atoms with Crippen molar-refractivity contribution in [1.29, 1.82) is 0 Å². The van der Waals surface area contributed by atoms with Gasteiger partial charge in [-0.3, -0.25) is 9.48 Å². The molecule has 0 aliphatic heterocycles. The highest BCUT2D eigenvalue weighted by Gasteiger charge is 2.20. The summed E-state index contributed by atoms with van der Waals surface area (Å²) >= 11 is 0. The number of aryl methyl sites for hydroxylation is 1. The zero-order valence-corrected chi connectivity index (χ0v) is 12.0. The summed E-state index contributed by atoms with van der Waals surface area (Å²) in [6.07, 6.45) is 4.31. The van der Waals surface area contributed by atoms with Crippen LogP contribution < -0.4 is 5.32 Å². The summed E-state index contributed by atoms with van der Waals surface area (Å²) in [6.45, 7) is 5.33. The van der Waals surface area contributed by atoms with Gasteiger partial charge in [-0.05, 0) is 26.3 Å². The maximum Gasteiger partial charge on any atom is 0.317 e. The van der Waals surface area contributed by atoms with Gasteiger partial charge in [0.05, 0.1) is 6.42 Å². The number of amides is 2. The van der Waals surface area contributed by atoms with E-state index in [4.69, 9.17) is 5.11 Å². The average Bonchev–Trinajstić information content (AvgIpc) is 2.87. The van der Waals surface area contributed by atoms with E-state index >= 15 is 0 Å². The smallest absolute Gasteiger partial charge is 0.317 e. The summed E-state index contributed by atoms with van der Waals surface area (Å²) in [6, 6.07) is 1.32. The van der Waals surface area contributed by atoms with Gasteiger partial charge in [-0.25, -0.2) is 4.79 Å². The zero-order chi connectivity index (χ0) is 15.0. The molecule has 1 rings (SSSR count). The van der Waals surface area contributed by atoms with Crippen LogP contribution in [0.3, 0.4) is 0 Å². The number of carboxylic acid groups (broad SMARTS) is 1. The molecule has 7 nitrogen and oxygen atoms in total. The third-order valence-corrected chi connectivity index (χ3v) is 3.00. The maximum absolute atomic E-state index is 12.0. The molecule has 0 saturated carbocycles. The molecule has 2 N–H and O–H groups in total. The number of rotatable bonds is 8. The fourth-order valence-electron chi connectivity index (χ4n) is 1.99. The fraction of sp³-hybridized carbons (Fsp3) is 0.615. The molecule has 20 heavy (non-hydrogen) atoms. The van der Waals surface area contributed by atoms with Gasteiger partial charge in [0.25, 0.3) is 0 Å². The number of urea groups is 1. The summed E-state index contributed by atoms with van der Waals surface area (Å²) in [4.78, 5) is 24.2. The van der Waals surface area contributed by atoms with E-state index in [1.54, 1.807) is 17.8 Å². The molecule has 7 heteroatoms. The van der Waals surface area contributed by atoms with E-state index in [0.717, 1.165) is 13.0 Å². The fourth-order valence-corrected chi connectivity index (χ4v) is 1.99. The van der Waals surface area contributed by atoms with Gasteiger partial charge < -0.3 is 15.3 Å². The lowest BCUT2D eigenvalue weighted by Gasteiger charge is -2.27. The summed E-state index contributed by atoms with van der Waals surface area (Å²) in [5.41, 5.74) is 0. The van der Waals surface area contributed by atoms with Crippen molar-refractivity contribution in [2.75, 3.05) is 13.1 Å². The minimum Gasteiger partial charge on any atom is -0.481 e. The highest BCUT2D eigenvalue weighted by molar-refractivity contribution is 5.75. The van der Waals surface area contributed by atoms with Crippen molar-refractivity contribution < 1.29 is 14.7 Å². The van der Waals surface area contributed by atoms with Crippen LogP contribution in [0.4, 0.5) is 4.79 Å². The quantitative estimate of drug-likeness (QED) is 0.701. The molecule has 0 aromatic carbocycles. The van der Waals surface area contributed by atoms with E-state index in [1.165, 1.54) is 4.90 Å². The number of hydrogen-bond donors (Lipinski definition) is 2. The standard InChI is InChI=1S/C13H22N4O3/c1-3-17(11(2)10-12(18)19)13(20)14-6-4-8-16-9-5-7-15-16/h5,7,9,11H,3-4,6,8,10H2,1-2H3,(H,14,20)(H,18,19). The number of aromatic nitrogens is 2. The Morgan fingerprint density at radius 3 is 2.80 bits per heavy atom. The van der Waals surface area contributed by atoms with Crippen LogP contribution in [-0.4, -0.2) is 50.9 Å². The first-order valence-corrected chi connectivity index (χ1v) is 6.78. The maximum atomic E-state index is 12.0. The molecule has 0 bridgehead atoms. The molecule has 2 amide bonds. The Hall–Kier alpha value is -2.05. The topological polar surface area (TPSA) is 87.5 Å². The van der Waals surface area contributed by atoms with Crippen LogP contribution >= 0.6 is 0 Å². The van der Waals surface area contributed by atoms with Gasteiger partial charge in [-0.15, -0.1) is 0 Å². The van der Waals surface area contributed by atoms with Crippen molar-refractivity contribution in [1.82, 2.24) is 20.0 Å². The van der Waals surface area contributed by atoms with Crippen LogP contribution in [0.5, 0.6) is 0 Å². The predicted molar refractivity (Wildman–Crippen MR) is 74.3 cm³/mol. The molecule has 1 atom stereocenters. The highest BCUT2D eigenvalue weighted by Crippen LogP contribution is 2.04. The van der Waals surface area contributed by atoms with Crippen molar-refractivity contribution in [3.05, 3.63) is 18.5 Å². The molecule has 0 fully saturated rings. The lowest BCUT2D eigenvalue weighted by molar-refractivity contribution is -0.138. The van der Waals surface area contributed by atoms with Gasteiger partial charge >= 0.3 is 12.0 Å². The second-order valence-corrected chi connectivity index (χ2v) is 4.59. The Kier molecular flexibility index (Phi) is 6.55. The third kappa shape index (κ3) is 5.29. The minimum absolute atomic E-state index is 0.0471. The largest absolute Gasteiger partial charge is 0.481 e. The summed E-state index contributed by atoms with van der Waals surface area (Å²) in [5, 5.41) is 15.6. The van der Waals surface area contributed by atoms with Gasteiger partial charge in [0.1, 0.15) is 0 Å². The van der Waals surface area contributed by atoms with Crippen LogP contribution in [0.25, 0.3) is 0 Å². The van der Waals surface area contributed by atoms with Gasteiger partial charge in [-0.2, -0.15) is 5.10 Å². The first-order chi connectivity index (χ1) is 9.54. The number of nitrogens with one attached hydrogen (secondary N) is 1. The molecule has 0 saturated heterocycles. The van der Waals surface area contributed by atoms with Crippen molar-refractivity contribution in [2.24, 2.45) is 0 Å². The highest BCUT2D eigenvalue weighted by atomic mass is 16.4. The van der Waals surface area contributed by atoms with Crippen LogP contribution in [0.1, 0.15) is 26.7 Å². The molecular weight excluding hydrogens is 260 g/mol. The molecule has 1 aromatic heterocycles. The van der Waals surface area contributed by atoms with Crippen molar-refractivity contribution in [3.8, 4) is 0 Å². The molecule has 1 unspecified atom stereocenters. The van der Waals surface area contributed by atoms with Crippen LogP contribution in [0.15, 0.2) is 18.5 Å². The molecule has 0 aliphatic carbocycles. The summed E-state index contributed by atoms with van der Waals surface area (Å²) in [7, 11) is 0. The number of aliphatic carboxylic acids is 1. The minimum atomic E-state index is -0.901. The molecule has 1 aromatic rings. The Morgan fingerprint density at radius 2 is 2.25 bits per heavy atom. The lowest BCUT2D eigenvalue weighted by Crippen LogP contribution is -2.46. The second kappa shape index (κ2) is 8.19. The van der Waals surface area contributed by atoms with E-state index in [0.29, 0.717) is 13.1 Å². The average molecular weight is 282 g/mol. The van der Waals surface area contributed by atoms with E-state index in [2.05, 4.69) is 10.4 Å². The first-order valence-electron chi connectivity index (χ1n) is 6.78. The SMILES string of the molecule is CCN(C(=O)NCCCn1cccn1)C(C)CC(=O)O. The Labute approximate surface area is 118 Å². The van der Waals surface area contributed by atoms with Crippen LogP contribution in [0, 0.1) is 0 Å². The Balaban J connectivity index is 2.30. The van der Waals surface area contributed by atoms with E-state index in [1.807, 2.05) is 19.2 Å².